The van der Waals surface area contributed by atoms with Crippen molar-refractivity contribution in [2.75, 3.05) is 10.2 Å². The Labute approximate surface area is 161 Å². The Morgan fingerprint density at radius 2 is 1.96 bits per heavy atom. The van der Waals surface area contributed by atoms with Crippen LogP contribution in [-0.4, -0.2) is 22.2 Å². The van der Waals surface area contributed by atoms with Gasteiger partial charge in [0, 0.05) is 16.2 Å². The van der Waals surface area contributed by atoms with E-state index in [1.165, 1.54) is 18.2 Å². The first-order chi connectivity index (χ1) is 12.4. The summed E-state index contributed by atoms with van der Waals surface area (Å²) in [5.41, 5.74) is 1.72. The van der Waals surface area contributed by atoms with Gasteiger partial charge in [-0.3, -0.25) is 14.4 Å². The lowest BCUT2D eigenvalue weighted by Crippen LogP contribution is -2.27. The van der Waals surface area contributed by atoms with Crippen LogP contribution < -0.4 is 10.2 Å². The van der Waals surface area contributed by atoms with Gasteiger partial charge in [0.05, 0.1) is 16.5 Å². The van der Waals surface area contributed by atoms with Crippen LogP contribution in [-0.2, 0) is 9.59 Å². The molecule has 0 bridgehead atoms. The third-order valence-corrected chi connectivity index (χ3v) is 5.47. The van der Waals surface area contributed by atoms with E-state index in [-0.39, 0.29) is 22.2 Å². The Bertz CT molecular complexity index is 1000. The van der Waals surface area contributed by atoms with Gasteiger partial charge in [0.15, 0.2) is 0 Å². The molecule has 2 aliphatic heterocycles. The van der Waals surface area contributed by atoms with Crippen molar-refractivity contribution >= 4 is 56.1 Å². The zero-order chi connectivity index (χ0) is 18.4. The maximum Gasteiger partial charge on any atom is 0.298 e. The quantitative estimate of drug-likeness (QED) is 0.703. The lowest BCUT2D eigenvalue weighted by molar-refractivity contribution is -0.116. The van der Waals surface area contributed by atoms with E-state index in [9.17, 15) is 19.5 Å². The Morgan fingerprint density at radius 3 is 2.73 bits per heavy atom. The standard InChI is InChI=1S/C18H11BrN2O4S/c19-9-4-5-14-12(6-9)13(16(23)20-14)8-15-17(24)21(18(25)26-15)10-2-1-3-11(22)7-10/h1-8,13,22H,(H,20,23)/b15-8-/t13-/m1/s1. The number of carbonyl (C=O) groups excluding carboxylic acids is 3. The third kappa shape index (κ3) is 2.81. The summed E-state index contributed by atoms with van der Waals surface area (Å²) in [7, 11) is 0. The van der Waals surface area contributed by atoms with Gasteiger partial charge in [-0.05, 0) is 53.7 Å². The van der Waals surface area contributed by atoms with Crippen molar-refractivity contribution in [3.63, 3.8) is 0 Å². The lowest BCUT2D eigenvalue weighted by atomic mass is 10.00. The minimum absolute atomic E-state index is 0.0422. The highest BCUT2D eigenvalue weighted by atomic mass is 79.9. The van der Waals surface area contributed by atoms with Crippen molar-refractivity contribution in [3.8, 4) is 5.75 Å². The summed E-state index contributed by atoms with van der Waals surface area (Å²) >= 11 is 4.15. The zero-order valence-corrected chi connectivity index (χ0v) is 15.5. The molecule has 0 unspecified atom stereocenters. The molecule has 1 fully saturated rings. The number of benzene rings is 2. The minimum atomic E-state index is -0.647. The number of hydrogen-bond acceptors (Lipinski definition) is 5. The number of anilines is 2. The van der Waals surface area contributed by atoms with Gasteiger partial charge < -0.3 is 10.4 Å². The molecule has 2 aromatic carbocycles. The predicted molar refractivity (Wildman–Crippen MR) is 102 cm³/mol. The molecule has 1 atom stereocenters. The minimum Gasteiger partial charge on any atom is -0.508 e. The molecule has 2 heterocycles. The number of nitrogens with one attached hydrogen (secondary N) is 1. The molecule has 8 heteroatoms. The Hall–Kier alpha value is -2.58. The average Bonchev–Trinajstić information content (AvgIpc) is 3.04. The van der Waals surface area contributed by atoms with E-state index in [4.69, 9.17) is 0 Å². The molecule has 2 N–H and O–H groups in total. The molecule has 0 spiro atoms. The molecule has 1 saturated heterocycles. The SMILES string of the molecule is O=C1Nc2ccc(Br)cc2[C@H]1/C=C1\SC(=O)N(c2cccc(O)c2)C1=O. The second-order valence-corrected chi connectivity index (χ2v) is 7.67. The number of nitrogens with zero attached hydrogens (tertiary/aromatic N) is 1. The summed E-state index contributed by atoms with van der Waals surface area (Å²) in [6.45, 7) is 0. The van der Waals surface area contributed by atoms with Gasteiger partial charge in [-0.15, -0.1) is 0 Å². The lowest BCUT2D eigenvalue weighted by Gasteiger charge is -2.12. The van der Waals surface area contributed by atoms with Gasteiger partial charge in [0.1, 0.15) is 5.75 Å². The summed E-state index contributed by atoms with van der Waals surface area (Å²) in [5, 5.41) is 11.9. The van der Waals surface area contributed by atoms with E-state index in [0.717, 1.165) is 26.7 Å². The second kappa shape index (κ2) is 6.30. The molecule has 0 aliphatic carbocycles. The number of halogens is 1. The summed E-state index contributed by atoms with van der Waals surface area (Å²) in [6, 6.07) is 11.3. The van der Waals surface area contributed by atoms with E-state index in [2.05, 4.69) is 21.2 Å². The fraction of sp³-hybridized carbons (Fsp3) is 0.0556. The van der Waals surface area contributed by atoms with E-state index in [1.807, 2.05) is 12.1 Å². The molecule has 6 nitrogen and oxygen atoms in total. The second-order valence-electron chi connectivity index (χ2n) is 5.76. The number of rotatable bonds is 2. The number of phenolic OH excluding ortho intramolecular Hbond substituents is 1. The highest BCUT2D eigenvalue weighted by Gasteiger charge is 2.39. The third-order valence-electron chi connectivity index (χ3n) is 4.09. The van der Waals surface area contributed by atoms with Gasteiger partial charge in [-0.2, -0.15) is 0 Å². The van der Waals surface area contributed by atoms with Crippen molar-refractivity contribution < 1.29 is 19.5 Å². The highest BCUT2D eigenvalue weighted by Crippen LogP contribution is 2.41. The van der Waals surface area contributed by atoms with E-state index >= 15 is 0 Å². The first-order valence-corrected chi connectivity index (χ1v) is 9.22. The first-order valence-electron chi connectivity index (χ1n) is 7.61. The van der Waals surface area contributed by atoms with Crippen molar-refractivity contribution in [2.45, 2.75) is 5.92 Å². The van der Waals surface area contributed by atoms with Crippen molar-refractivity contribution in [2.24, 2.45) is 0 Å². The van der Waals surface area contributed by atoms with E-state index in [0.29, 0.717) is 5.69 Å². The Balaban J connectivity index is 1.69. The number of aromatic hydroxyl groups is 1. The van der Waals surface area contributed by atoms with Crippen LogP contribution in [0.15, 0.2) is 57.9 Å². The highest BCUT2D eigenvalue weighted by molar-refractivity contribution is 9.10. The van der Waals surface area contributed by atoms with Crippen LogP contribution in [0, 0.1) is 0 Å². The summed E-state index contributed by atoms with van der Waals surface area (Å²) in [4.78, 5) is 38.5. The maximum absolute atomic E-state index is 12.7. The van der Waals surface area contributed by atoms with Gasteiger partial charge >= 0.3 is 0 Å². The number of carbonyl (C=O) groups is 3. The molecule has 130 valence electrons. The maximum atomic E-state index is 12.7. The van der Waals surface area contributed by atoms with E-state index in [1.54, 1.807) is 18.2 Å². The summed E-state index contributed by atoms with van der Waals surface area (Å²) in [5.74, 6) is -1.45. The van der Waals surface area contributed by atoms with Crippen LogP contribution in [0.1, 0.15) is 11.5 Å². The topological polar surface area (TPSA) is 86.7 Å². The normalized spacial score (nSPS) is 20.7. The van der Waals surface area contributed by atoms with Crippen LogP contribution in [0.4, 0.5) is 16.2 Å². The molecule has 4 rings (SSSR count). The zero-order valence-electron chi connectivity index (χ0n) is 13.1. The monoisotopic (exact) mass is 430 g/mol. The predicted octanol–water partition coefficient (Wildman–Crippen LogP) is 3.97. The van der Waals surface area contributed by atoms with E-state index < -0.39 is 17.1 Å². The Kier molecular flexibility index (Phi) is 4.08. The van der Waals surface area contributed by atoms with Gasteiger partial charge in [-0.25, -0.2) is 4.90 Å². The van der Waals surface area contributed by atoms with Gasteiger partial charge in [0.25, 0.3) is 11.1 Å². The average molecular weight is 431 g/mol. The van der Waals surface area contributed by atoms with Crippen molar-refractivity contribution in [1.29, 1.82) is 0 Å². The Morgan fingerprint density at radius 1 is 1.15 bits per heavy atom. The van der Waals surface area contributed by atoms with Crippen LogP contribution in [0.2, 0.25) is 0 Å². The number of imide groups is 1. The summed E-state index contributed by atoms with van der Waals surface area (Å²) in [6.07, 6.45) is 1.52. The smallest absolute Gasteiger partial charge is 0.298 e. The van der Waals surface area contributed by atoms with Crippen LogP contribution in [0.25, 0.3) is 0 Å². The van der Waals surface area contributed by atoms with Crippen LogP contribution >= 0.6 is 27.7 Å². The van der Waals surface area contributed by atoms with Crippen molar-refractivity contribution in [3.05, 3.63) is 63.5 Å². The van der Waals surface area contributed by atoms with Gasteiger partial charge in [-0.1, -0.05) is 22.0 Å². The van der Waals surface area contributed by atoms with Crippen molar-refractivity contribution in [1.82, 2.24) is 0 Å². The molecular weight excluding hydrogens is 420 g/mol. The number of phenols is 1. The molecule has 3 amide bonds. The summed E-state index contributed by atoms with van der Waals surface area (Å²) < 4.78 is 0.819. The van der Waals surface area contributed by atoms with Crippen LogP contribution in [0.3, 0.4) is 0 Å². The fourth-order valence-corrected chi connectivity index (χ4v) is 4.14. The van der Waals surface area contributed by atoms with Crippen LogP contribution in [0.5, 0.6) is 5.75 Å². The number of thioether (sulfide) groups is 1. The molecule has 26 heavy (non-hydrogen) atoms. The number of hydrogen-bond donors (Lipinski definition) is 2. The molecule has 0 aromatic heterocycles. The van der Waals surface area contributed by atoms with Gasteiger partial charge in [0.2, 0.25) is 5.91 Å². The number of amides is 3. The first kappa shape index (κ1) is 16.9. The molecule has 2 aromatic rings. The largest absolute Gasteiger partial charge is 0.508 e. The molecule has 0 radical (unpaired) electrons. The number of fused-ring (bicyclic) bond motifs is 1. The molecule has 2 aliphatic rings. The molecular formula is C18H11BrN2O4S. The fourth-order valence-electron chi connectivity index (χ4n) is 2.91. The molecule has 0 saturated carbocycles.